The van der Waals surface area contributed by atoms with Gasteiger partial charge in [0.1, 0.15) is 0 Å². The smallest absolute Gasteiger partial charge is 0.283 e. The van der Waals surface area contributed by atoms with Gasteiger partial charge in [-0.25, -0.2) is 0 Å². The number of nitrogens with one attached hydrogen (secondary N) is 1. The minimum absolute atomic E-state index is 0.169. The Morgan fingerprint density at radius 1 is 0.926 bits per heavy atom. The molecule has 0 radical (unpaired) electrons. The number of furan rings is 1. The number of benzene rings is 2. The van der Waals surface area contributed by atoms with E-state index in [1.165, 1.54) is 0 Å². The van der Waals surface area contributed by atoms with Crippen LogP contribution in [0.5, 0.6) is 0 Å². The fourth-order valence-electron chi connectivity index (χ4n) is 2.66. The number of carbonyl (C=O) groups excluding carboxylic acids is 1. The SMILES string of the molecule is Cc1ccc(C(=O)Nc2cccc(-c3nnc(-c4ccco4)o3)c2)cc1C. The molecule has 4 rings (SSSR count). The van der Waals surface area contributed by atoms with Crippen molar-refractivity contribution in [2.75, 3.05) is 5.32 Å². The van der Waals surface area contributed by atoms with Crippen LogP contribution in [0.15, 0.2) is 69.7 Å². The van der Waals surface area contributed by atoms with Crippen LogP contribution in [0, 0.1) is 13.8 Å². The monoisotopic (exact) mass is 359 g/mol. The van der Waals surface area contributed by atoms with Crippen molar-refractivity contribution in [3.8, 4) is 23.1 Å². The zero-order valence-corrected chi connectivity index (χ0v) is 14.9. The molecule has 0 bridgehead atoms. The van der Waals surface area contributed by atoms with Crippen LogP contribution in [-0.2, 0) is 0 Å². The maximum Gasteiger partial charge on any atom is 0.283 e. The van der Waals surface area contributed by atoms with E-state index in [1.807, 2.05) is 50.2 Å². The first kappa shape index (κ1) is 16.8. The molecule has 2 aromatic heterocycles. The van der Waals surface area contributed by atoms with E-state index in [0.29, 0.717) is 34.4 Å². The number of nitrogens with zero attached hydrogens (tertiary/aromatic N) is 2. The number of anilines is 1. The summed E-state index contributed by atoms with van der Waals surface area (Å²) in [6.07, 6.45) is 1.54. The highest BCUT2D eigenvalue weighted by Crippen LogP contribution is 2.26. The van der Waals surface area contributed by atoms with Gasteiger partial charge in [-0.15, -0.1) is 10.2 Å². The zero-order valence-electron chi connectivity index (χ0n) is 14.9. The molecule has 1 N–H and O–H groups in total. The van der Waals surface area contributed by atoms with Crippen LogP contribution in [0.3, 0.4) is 0 Å². The molecule has 0 aliphatic rings. The van der Waals surface area contributed by atoms with E-state index in [-0.39, 0.29) is 5.91 Å². The third-order valence-corrected chi connectivity index (χ3v) is 4.29. The Labute approximate surface area is 155 Å². The molecule has 0 aliphatic carbocycles. The molecule has 27 heavy (non-hydrogen) atoms. The predicted octanol–water partition coefficient (Wildman–Crippen LogP) is 4.87. The summed E-state index contributed by atoms with van der Waals surface area (Å²) in [7, 11) is 0. The first-order chi connectivity index (χ1) is 13.1. The van der Waals surface area contributed by atoms with Gasteiger partial charge in [0.25, 0.3) is 11.8 Å². The molecule has 0 saturated carbocycles. The number of aryl methyl sites for hydroxylation is 2. The summed E-state index contributed by atoms with van der Waals surface area (Å²) in [5.41, 5.74) is 4.19. The molecule has 6 nitrogen and oxygen atoms in total. The lowest BCUT2D eigenvalue weighted by Crippen LogP contribution is -2.12. The van der Waals surface area contributed by atoms with E-state index in [9.17, 15) is 4.79 Å². The van der Waals surface area contributed by atoms with Gasteiger partial charge in [0, 0.05) is 16.8 Å². The van der Waals surface area contributed by atoms with Gasteiger partial charge in [0.2, 0.25) is 5.89 Å². The zero-order chi connectivity index (χ0) is 18.8. The molecule has 6 heteroatoms. The Morgan fingerprint density at radius 3 is 2.56 bits per heavy atom. The number of rotatable bonds is 4. The molecule has 2 aromatic carbocycles. The van der Waals surface area contributed by atoms with Crippen molar-refractivity contribution < 1.29 is 13.6 Å². The molecule has 2 heterocycles. The van der Waals surface area contributed by atoms with Crippen molar-refractivity contribution >= 4 is 11.6 Å². The fraction of sp³-hybridized carbons (Fsp3) is 0.0952. The summed E-state index contributed by atoms with van der Waals surface area (Å²) in [6.45, 7) is 4.00. The van der Waals surface area contributed by atoms with Crippen molar-refractivity contribution in [2.24, 2.45) is 0 Å². The normalized spacial score (nSPS) is 10.7. The molecule has 0 aliphatic heterocycles. The molecule has 0 unspecified atom stereocenters. The van der Waals surface area contributed by atoms with Gasteiger partial charge < -0.3 is 14.2 Å². The maximum atomic E-state index is 12.5. The fourth-order valence-corrected chi connectivity index (χ4v) is 2.66. The molecule has 0 fully saturated rings. The quantitative estimate of drug-likeness (QED) is 0.562. The molecular weight excluding hydrogens is 342 g/mol. The van der Waals surface area contributed by atoms with Gasteiger partial charge >= 0.3 is 0 Å². The molecular formula is C21H17N3O3. The second-order valence-electron chi connectivity index (χ2n) is 6.22. The van der Waals surface area contributed by atoms with Gasteiger partial charge in [0.05, 0.1) is 6.26 Å². The first-order valence-electron chi connectivity index (χ1n) is 8.46. The minimum Gasteiger partial charge on any atom is -0.459 e. The molecule has 4 aromatic rings. The summed E-state index contributed by atoms with van der Waals surface area (Å²) < 4.78 is 10.9. The van der Waals surface area contributed by atoms with Crippen molar-refractivity contribution in [1.29, 1.82) is 0 Å². The summed E-state index contributed by atoms with van der Waals surface area (Å²) in [4.78, 5) is 12.5. The van der Waals surface area contributed by atoms with E-state index in [4.69, 9.17) is 8.83 Å². The molecule has 134 valence electrons. The number of hydrogen-bond donors (Lipinski definition) is 1. The highest BCUT2D eigenvalue weighted by atomic mass is 16.4. The molecule has 0 spiro atoms. The average molecular weight is 359 g/mol. The van der Waals surface area contributed by atoms with Gasteiger partial charge in [-0.05, 0) is 67.4 Å². The highest BCUT2D eigenvalue weighted by molar-refractivity contribution is 6.04. The minimum atomic E-state index is -0.169. The van der Waals surface area contributed by atoms with E-state index in [1.54, 1.807) is 24.5 Å². The summed E-state index contributed by atoms with van der Waals surface area (Å²) in [5, 5.41) is 10.9. The van der Waals surface area contributed by atoms with Gasteiger partial charge in [-0.1, -0.05) is 12.1 Å². The van der Waals surface area contributed by atoms with E-state index in [0.717, 1.165) is 11.1 Å². The molecule has 0 atom stereocenters. The lowest BCUT2D eigenvalue weighted by molar-refractivity contribution is 0.102. The van der Waals surface area contributed by atoms with Crippen LogP contribution in [0.2, 0.25) is 0 Å². The van der Waals surface area contributed by atoms with Crippen molar-refractivity contribution in [3.05, 3.63) is 77.6 Å². The number of hydrogen-bond acceptors (Lipinski definition) is 5. The Morgan fingerprint density at radius 2 is 1.78 bits per heavy atom. The number of amides is 1. The average Bonchev–Trinajstić information content (AvgIpc) is 3.35. The summed E-state index contributed by atoms with van der Waals surface area (Å²) in [5.74, 6) is 0.994. The number of carbonyl (C=O) groups is 1. The second kappa shape index (κ2) is 6.92. The van der Waals surface area contributed by atoms with Crippen LogP contribution >= 0.6 is 0 Å². The molecule has 0 saturated heterocycles. The number of aromatic nitrogens is 2. The van der Waals surface area contributed by atoms with Gasteiger partial charge in [-0.3, -0.25) is 4.79 Å². The Hall–Kier alpha value is -3.67. The highest BCUT2D eigenvalue weighted by Gasteiger charge is 2.13. The van der Waals surface area contributed by atoms with Crippen LogP contribution < -0.4 is 5.32 Å². The van der Waals surface area contributed by atoms with E-state index in [2.05, 4.69) is 15.5 Å². The van der Waals surface area contributed by atoms with Crippen LogP contribution in [0.25, 0.3) is 23.1 Å². The maximum absolute atomic E-state index is 12.5. The molecule has 1 amide bonds. The van der Waals surface area contributed by atoms with Crippen molar-refractivity contribution in [2.45, 2.75) is 13.8 Å². The van der Waals surface area contributed by atoms with Crippen LogP contribution in [-0.4, -0.2) is 16.1 Å². The Balaban J connectivity index is 1.56. The Bertz CT molecular complexity index is 1100. The van der Waals surface area contributed by atoms with Gasteiger partial charge in [0.15, 0.2) is 5.76 Å². The second-order valence-corrected chi connectivity index (χ2v) is 6.22. The summed E-state index contributed by atoms with van der Waals surface area (Å²) in [6, 6.07) is 16.4. The third-order valence-electron chi connectivity index (χ3n) is 4.29. The van der Waals surface area contributed by atoms with E-state index >= 15 is 0 Å². The van der Waals surface area contributed by atoms with Gasteiger partial charge in [-0.2, -0.15) is 0 Å². The standard InChI is InChI=1S/C21H17N3O3/c1-13-8-9-15(11-14(13)2)19(25)22-17-6-3-5-16(12-17)20-23-24-21(27-20)18-7-4-10-26-18/h3-12H,1-2H3,(H,22,25). The first-order valence-corrected chi connectivity index (χ1v) is 8.46. The Kier molecular flexibility index (Phi) is 4.30. The van der Waals surface area contributed by atoms with Crippen molar-refractivity contribution in [1.82, 2.24) is 10.2 Å². The topological polar surface area (TPSA) is 81.2 Å². The largest absolute Gasteiger partial charge is 0.459 e. The third kappa shape index (κ3) is 3.50. The van der Waals surface area contributed by atoms with Crippen LogP contribution in [0.1, 0.15) is 21.5 Å². The lowest BCUT2D eigenvalue weighted by Gasteiger charge is -2.08. The van der Waals surface area contributed by atoms with Crippen molar-refractivity contribution in [3.63, 3.8) is 0 Å². The van der Waals surface area contributed by atoms with E-state index < -0.39 is 0 Å². The predicted molar refractivity (Wildman–Crippen MR) is 101 cm³/mol. The summed E-state index contributed by atoms with van der Waals surface area (Å²) >= 11 is 0. The van der Waals surface area contributed by atoms with Crippen LogP contribution in [0.4, 0.5) is 5.69 Å². The lowest BCUT2D eigenvalue weighted by atomic mass is 10.1.